The number of pyridine rings is 1. The van der Waals surface area contributed by atoms with Crippen molar-refractivity contribution in [1.82, 2.24) is 4.98 Å². The van der Waals surface area contributed by atoms with Crippen LogP contribution in [0.4, 0.5) is 5.82 Å². The summed E-state index contributed by atoms with van der Waals surface area (Å²) >= 11 is 0. The third-order valence-corrected chi connectivity index (χ3v) is 2.33. The van der Waals surface area contributed by atoms with Crippen molar-refractivity contribution in [1.29, 1.82) is 5.26 Å². The van der Waals surface area contributed by atoms with E-state index in [0.717, 1.165) is 18.5 Å². The van der Waals surface area contributed by atoms with Gasteiger partial charge in [-0.05, 0) is 25.0 Å². The zero-order valence-electron chi connectivity index (χ0n) is 9.70. The summed E-state index contributed by atoms with van der Waals surface area (Å²) in [7, 11) is 0. The van der Waals surface area contributed by atoms with E-state index in [4.69, 9.17) is 11.7 Å². The highest BCUT2D eigenvalue weighted by atomic mass is 15.2. The molecule has 1 aromatic heterocycles. The molecular formula is C13H15N3. The summed E-state index contributed by atoms with van der Waals surface area (Å²) < 4.78 is 0. The molecule has 0 aliphatic heterocycles. The standard InChI is InChI=1S/C13H15N3/c1-4-8-16(9-5-2)13-12(10-14)11(3)6-7-15-13/h1,6-7H,5,8-9H2,2-3H3. The quantitative estimate of drug-likeness (QED) is 0.719. The molecule has 82 valence electrons. The molecule has 0 saturated carbocycles. The Morgan fingerprint density at radius 1 is 1.56 bits per heavy atom. The van der Waals surface area contributed by atoms with E-state index in [2.05, 4.69) is 23.9 Å². The molecule has 0 fully saturated rings. The third kappa shape index (κ3) is 2.52. The molecule has 3 heteroatoms. The lowest BCUT2D eigenvalue weighted by Crippen LogP contribution is -2.26. The smallest absolute Gasteiger partial charge is 0.147 e. The van der Waals surface area contributed by atoms with E-state index >= 15 is 0 Å². The Hall–Kier alpha value is -2.00. The maximum absolute atomic E-state index is 9.12. The molecule has 1 aromatic rings. The molecule has 0 aliphatic rings. The molecule has 0 N–H and O–H groups in total. The Morgan fingerprint density at radius 3 is 2.88 bits per heavy atom. The molecule has 16 heavy (non-hydrogen) atoms. The van der Waals surface area contributed by atoms with Gasteiger partial charge in [-0.3, -0.25) is 0 Å². The average Bonchev–Trinajstić information content (AvgIpc) is 2.28. The number of hydrogen-bond donors (Lipinski definition) is 0. The van der Waals surface area contributed by atoms with Crippen molar-refractivity contribution in [2.24, 2.45) is 0 Å². The van der Waals surface area contributed by atoms with Gasteiger partial charge in [-0.15, -0.1) is 6.42 Å². The van der Waals surface area contributed by atoms with E-state index < -0.39 is 0 Å². The van der Waals surface area contributed by atoms with Crippen molar-refractivity contribution in [3.63, 3.8) is 0 Å². The van der Waals surface area contributed by atoms with Crippen molar-refractivity contribution in [2.45, 2.75) is 20.3 Å². The molecule has 0 spiro atoms. The molecule has 0 aromatic carbocycles. The van der Waals surface area contributed by atoms with E-state index in [1.54, 1.807) is 6.20 Å². The fourth-order valence-corrected chi connectivity index (χ4v) is 1.56. The lowest BCUT2D eigenvalue weighted by atomic mass is 10.1. The predicted octanol–water partition coefficient (Wildman–Crippen LogP) is 2.11. The van der Waals surface area contributed by atoms with Crippen LogP contribution in [0.2, 0.25) is 0 Å². The van der Waals surface area contributed by atoms with Crippen LogP contribution in [0.5, 0.6) is 0 Å². The van der Waals surface area contributed by atoms with E-state index in [1.165, 1.54) is 0 Å². The number of hydrogen-bond acceptors (Lipinski definition) is 3. The molecule has 0 saturated heterocycles. The van der Waals surface area contributed by atoms with Crippen molar-refractivity contribution in [3.8, 4) is 18.4 Å². The summed E-state index contributed by atoms with van der Waals surface area (Å²) in [4.78, 5) is 6.22. The van der Waals surface area contributed by atoms with Crippen LogP contribution in [0.15, 0.2) is 12.3 Å². The Morgan fingerprint density at radius 2 is 2.31 bits per heavy atom. The van der Waals surface area contributed by atoms with Crippen LogP contribution in [0.25, 0.3) is 0 Å². The lowest BCUT2D eigenvalue weighted by molar-refractivity contribution is 0.806. The van der Waals surface area contributed by atoms with Gasteiger partial charge in [0.2, 0.25) is 0 Å². The summed E-state index contributed by atoms with van der Waals surface area (Å²) in [5.74, 6) is 3.29. The van der Waals surface area contributed by atoms with Gasteiger partial charge in [-0.25, -0.2) is 4.98 Å². The second-order valence-corrected chi connectivity index (χ2v) is 3.56. The lowest BCUT2D eigenvalue weighted by Gasteiger charge is -2.21. The first kappa shape index (κ1) is 12.1. The molecule has 0 atom stereocenters. The van der Waals surface area contributed by atoms with E-state index in [1.807, 2.05) is 17.9 Å². The van der Waals surface area contributed by atoms with Gasteiger partial charge in [-0.1, -0.05) is 12.8 Å². The van der Waals surface area contributed by atoms with Crippen LogP contribution in [0.3, 0.4) is 0 Å². The first-order valence-corrected chi connectivity index (χ1v) is 5.28. The van der Waals surface area contributed by atoms with Gasteiger partial charge in [0, 0.05) is 12.7 Å². The minimum atomic E-state index is 0.485. The van der Waals surface area contributed by atoms with Gasteiger partial charge in [0.15, 0.2) is 0 Å². The third-order valence-electron chi connectivity index (χ3n) is 2.33. The summed E-state index contributed by atoms with van der Waals surface area (Å²) in [5, 5.41) is 9.12. The largest absolute Gasteiger partial charge is 0.344 e. The zero-order valence-corrected chi connectivity index (χ0v) is 9.70. The Kier molecular flexibility index (Phi) is 4.36. The highest BCUT2D eigenvalue weighted by Crippen LogP contribution is 2.19. The van der Waals surface area contributed by atoms with Crippen LogP contribution in [0, 0.1) is 30.6 Å². The fourth-order valence-electron chi connectivity index (χ4n) is 1.56. The number of nitriles is 1. The second kappa shape index (κ2) is 5.78. The van der Waals surface area contributed by atoms with Crippen LogP contribution >= 0.6 is 0 Å². The molecule has 1 rings (SSSR count). The highest BCUT2D eigenvalue weighted by Gasteiger charge is 2.12. The summed E-state index contributed by atoms with van der Waals surface area (Å²) in [6, 6.07) is 4.02. The fraction of sp³-hybridized carbons (Fsp3) is 0.385. The van der Waals surface area contributed by atoms with Gasteiger partial charge >= 0.3 is 0 Å². The minimum absolute atomic E-state index is 0.485. The summed E-state index contributed by atoms with van der Waals surface area (Å²) in [6.07, 6.45) is 8.01. The van der Waals surface area contributed by atoms with E-state index in [9.17, 15) is 0 Å². The summed E-state index contributed by atoms with van der Waals surface area (Å²) in [6.45, 7) is 5.28. The van der Waals surface area contributed by atoms with Gasteiger partial charge in [0.05, 0.1) is 12.1 Å². The normalized spacial score (nSPS) is 9.25. The first-order chi connectivity index (χ1) is 7.74. The van der Waals surface area contributed by atoms with E-state index in [-0.39, 0.29) is 0 Å². The van der Waals surface area contributed by atoms with Crippen molar-refractivity contribution >= 4 is 5.82 Å². The zero-order chi connectivity index (χ0) is 12.0. The molecule has 0 bridgehead atoms. The topological polar surface area (TPSA) is 39.9 Å². The maximum atomic E-state index is 9.12. The summed E-state index contributed by atoms with van der Waals surface area (Å²) in [5.41, 5.74) is 1.55. The monoisotopic (exact) mass is 213 g/mol. The number of rotatable bonds is 4. The van der Waals surface area contributed by atoms with Crippen LogP contribution in [-0.2, 0) is 0 Å². The minimum Gasteiger partial charge on any atom is -0.344 e. The molecule has 0 aliphatic carbocycles. The Balaban J connectivity index is 3.14. The maximum Gasteiger partial charge on any atom is 0.147 e. The molecule has 0 radical (unpaired) electrons. The SMILES string of the molecule is C#CCN(CCC)c1nccc(C)c1C#N. The van der Waals surface area contributed by atoms with Gasteiger partial charge in [0.25, 0.3) is 0 Å². The Labute approximate surface area is 96.7 Å². The van der Waals surface area contributed by atoms with Crippen molar-refractivity contribution in [2.75, 3.05) is 18.0 Å². The number of terminal acetylenes is 1. The second-order valence-electron chi connectivity index (χ2n) is 3.56. The van der Waals surface area contributed by atoms with Gasteiger partial charge in [-0.2, -0.15) is 5.26 Å². The average molecular weight is 213 g/mol. The number of anilines is 1. The molecule has 0 unspecified atom stereocenters. The van der Waals surface area contributed by atoms with Crippen LogP contribution in [-0.4, -0.2) is 18.1 Å². The highest BCUT2D eigenvalue weighted by molar-refractivity contribution is 5.57. The number of nitrogens with zero attached hydrogens (tertiary/aromatic N) is 3. The van der Waals surface area contributed by atoms with Crippen LogP contribution in [0.1, 0.15) is 24.5 Å². The van der Waals surface area contributed by atoms with Crippen molar-refractivity contribution in [3.05, 3.63) is 23.4 Å². The van der Waals surface area contributed by atoms with Gasteiger partial charge in [0.1, 0.15) is 11.9 Å². The molecule has 0 amide bonds. The first-order valence-electron chi connectivity index (χ1n) is 5.28. The number of aryl methyl sites for hydroxylation is 1. The van der Waals surface area contributed by atoms with E-state index in [0.29, 0.717) is 17.9 Å². The molecule has 1 heterocycles. The van der Waals surface area contributed by atoms with Gasteiger partial charge < -0.3 is 4.90 Å². The van der Waals surface area contributed by atoms with Crippen molar-refractivity contribution < 1.29 is 0 Å². The molecular weight excluding hydrogens is 198 g/mol. The van der Waals surface area contributed by atoms with Crippen LogP contribution < -0.4 is 4.90 Å². The Bertz CT molecular complexity index is 437. The molecule has 3 nitrogen and oxygen atoms in total. The number of aromatic nitrogens is 1. The predicted molar refractivity (Wildman–Crippen MR) is 65.0 cm³/mol.